The third kappa shape index (κ3) is 6.68. The highest BCUT2D eigenvalue weighted by molar-refractivity contribution is 5.72. The maximum atomic E-state index is 5.45. The van der Waals surface area contributed by atoms with Crippen molar-refractivity contribution in [2.45, 2.75) is 20.3 Å². The van der Waals surface area contributed by atoms with Crippen LogP contribution in [-0.2, 0) is 0 Å². The van der Waals surface area contributed by atoms with Gasteiger partial charge < -0.3 is 5.73 Å². The van der Waals surface area contributed by atoms with Crippen LogP contribution in [0.3, 0.4) is 0 Å². The van der Waals surface area contributed by atoms with Crippen LogP contribution in [0.2, 0.25) is 0 Å². The van der Waals surface area contributed by atoms with Crippen LogP contribution in [0.15, 0.2) is 24.4 Å². The molecule has 0 aliphatic carbocycles. The molecule has 4 nitrogen and oxygen atoms in total. The Kier molecular flexibility index (Phi) is 8.96. The third-order valence-corrected chi connectivity index (χ3v) is 2.10. The Balaban J connectivity index is 0.00000121. The van der Waals surface area contributed by atoms with E-state index < -0.39 is 0 Å². The summed E-state index contributed by atoms with van der Waals surface area (Å²) in [6.45, 7) is 5.69. The first-order valence-electron chi connectivity index (χ1n) is 6.13. The zero-order valence-corrected chi connectivity index (χ0v) is 11.4. The molecule has 17 heavy (non-hydrogen) atoms. The van der Waals surface area contributed by atoms with E-state index in [0.29, 0.717) is 0 Å². The molecular weight excluding hydrogens is 212 g/mol. The van der Waals surface area contributed by atoms with Crippen LogP contribution in [0.5, 0.6) is 0 Å². The molecule has 0 bridgehead atoms. The molecule has 0 aliphatic heterocycles. The average Bonchev–Trinajstić information content (AvgIpc) is 2.39. The summed E-state index contributed by atoms with van der Waals surface area (Å²) < 4.78 is 2.11. The minimum absolute atomic E-state index is 0.728. The van der Waals surface area contributed by atoms with Gasteiger partial charge in [-0.25, -0.2) is 9.88 Å². The summed E-state index contributed by atoms with van der Waals surface area (Å²) in [5, 5.41) is 0. The zero-order chi connectivity index (χ0) is 13.1. The standard InChI is InChI=1S/C11H19N4.C2H6/c1-14(9-5-7-12)10-15(2)11-6-3-4-8-13-11;1-2/h3-4,6,8,10H,5,7,9,12H2,1-2H3;1-2H3/q+1;. The zero-order valence-electron chi connectivity index (χ0n) is 11.4. The van der Waals surface area contributed by atoms with Gasteiger partial charge in [-0.1, -0.05) is 19.9 Å². The molecule has 1 aromatic rings. The Hall–Kier alpha value is -1.42. The van der Waals surface area contributed by atoms with Crippen LogP contribution >= 0.6 is 0 Å². The Morgan fingerprint density at radius 2 is 2.12 bits per heavy atom. The molecule has 96 valence electrons. The molecule has 0 aromatic carbocycles. The van der Waals surface area contributed by atoms with Crippen LogP contribution < -0.4 is 10.6 Å². The van der Waals surface area contributed by atoms with Crippen molar-refractivity contribution in [3.8, 4) is 0 Å². The van der Waals surface area contributed by atoms with E-state index in [0.717, 1.165) is 25.3 Å². The van der Waals surface area contributed by atoms with E-state index in [-0.39, 0.29) is 0 Å². The SMILES string of the molecule is CC.CN(C=[N+](C)CCCN)c1ccccn1. The van der Waals surface area contributed by atoms with Gasteiger partial charge in [-0.3, -0.25) is 4.58 Å². The molecule has 1 rings (SSSR count). The number of rotatable bonds is 5. The van der Waals surface area contributed by atoms with Gasteiger partial charge in [0.1, 0.15) is 0 Å². The van der Waals surface area contributed by atoms with Crippen molar-refractivity contribution in [3.63, 3.8) is 0 Å². The highest BCUT2D eigenvalue weighted by Crippen LogP contribution is 2.03. The fraction of sp³-hybridized carbons (Fsp3) is 0.538. The minimum atomic E-state index is 0.728. The van der Waals surface area contributed by atoms with Crippen LogP contribution in [-0.4, -0.2) is 43.1 Å². The van der Waals surface area contributed by atoms with E-state index in [1.165, 1.54) is 0 Å². The highest BCUT2D eigenvalue weighted by atomic mass is 15.2. The highest BCUT2D eigenvalue weighted by Gasteiger charge is 2.05. The summed E-state index contributed by atoms with van der Waals surface area (Å²) >= 11 is 0. The lowest BCUT2D eigenvalue weighted by atomic mass is 10.4. The molecule has 4 heteroatoms. The summed E-state index contributed by atoms with van der Waals surface area (Å²) in [6.07, 6.45) is 4.82. The molecular formula is C13H25N4+. The largest absolute Gasteiger partial charge is 0.330 e. The summed E-state index contributed by atoms with van der Waals surface area (Å²) in [5.41, 5.74) is 5.45. The first-order valence-corrected chi connectivity index (χ1v) is 6.13. The molecule has 1 aromatic heterocycles. The quantitative estimate of drug-likeness (QED) is 0.480. The lowest BCUT2D eigenvalue weighted by molar-refractivity contribution is -0.493. The Labute approximate surface area is 105 Å². The summed E-state index contributed by atoms with van der Waals surface area (Å²) in [4.78, 5) is 6.25. The van der Waals surface area contributed by atoms with E-state index in [1.54, 1.807) is 6.20 Å². The number of pyridine rings is 1. The van der Waals surface area contributed by atoms with Gasteiger partial charge in [0.05, 0.1) is 20.6 Å². The van der Waals surface area contributed by atoms with Gasteiger partial charge in [0.2, 0.25) is 12.2 Å². The molecule has 0 amide bonds. The van der Waals surface area contributed by atoms with Gasteiger partial charge >= 0.3 is 0 Å². The third-order valence-electron chi connectivity index (χ3n) is 2.10. The van der Waals surface area contributed by atoms with E-state index in [4.69, 9.17) is 5.73 Å². The lowest BCUT2D eigenvalue weighted by Crippen LogP contribution is -2.24. The number of anilines is 1. The van der Waals surface area contributed by atoms with E-state index in [2.05, 4.69) is 9.56 Å². The van der Waals surface area contributed by atoms with Crippen molar-refractivity contribution in [1.29, 1.82) is 0 Å². The van der Waals surface area contributed by atoms with Crippen molar-refractivity contribution in [2.24, 2.45) is 5.73 Å². The van der Waals surface area contributed by atoms with Crippen molar-refractivity contribution < 1.29 is 4.58 Å². The normalized spacial score (nSPS) is 10.5. The molecule has 0 unspecified atom stereocenters. The number of nitrogens with two attached hydrogens (primary N) is 1. The van der Waals surface area contributed by atoms with Gasteiger partial charge in [0.25, 0.3) is 0 Å². The number of hydrogen-bond acceptors (Lipinski definition) is 2. The maximum Gasteiger partial charge on any atom is 0.240 e. The van der Waals surface area contributed by atoms with Gasteiger partial charge in [0.15, 0.2) is 0 Å². The molecule has 0 saturated heterocycles. The van der Waals surface area contributed by atoms with Crippen molar-refractivity contribution >= 4 is 12.2 Å². The number of nitrogens with zero attached hydrogens (tertiary/aromatic N) is 3. The molecule has 1 heterocycles. The van der Waals surface area contributed by atoms with Crippen molar-refractivity contribution in [3.05, 3.63) is 24.4 Å². The minimum Gasteiger partial charge on any atom is -0.330 e. The maximum absolute atomic E-state index is 5.45. The Morgan fingerprint density at radius 1 is 1.41 bits per heavy atom. The van der Waals surface area contributed by atoms with Crippen LogP contribution in [0.4, 0.5) is 5.82 Å². The second kappa shape index (κ2) is 9.78. The monoisotopic (exact) mass is 237 g/mol. The molecule has 0 saturated carbocycles. The lowest BCUT2D eigenvalue weighted by Gasteiger charge is -2.07. The number of aromatic nitrogens is 1. The molecule has 0 fully saturated rings. The second-order valence-electron chi connectivity index (χ2n) is 3.54. The van der Waals surface area contributed by atoms with Crippen molar-refractivity contribution in [2.75, 3.05) is 32.1 Å². The summed E-state index contributed by atoms with van der Waals surface area (Å²) in [7, 11) is 4.02. The smallest absolute Gasteiger partial charge is 0.240 e. The molecule has 0 radical (unpaired) electrons. The van der Waals surface area contributed by atoms with Gasteiger partial charge in [-0.2, -0.15) is 0 Å². The fourth-order valence-corrected chi connectivity index (χ4v) is 1.32. The van der Waals surface area contributed by atoms with Crippen molar-refractivity contribution in [1.82, 2.24) is 4.98 Å². The number of hydrogen-bond donors (Lipinski definition) is 1. The van der Waals surface area contributed by atoms with Gasteiger partial charge in [-0.05, 0) is 19.0 Å². The Bertz CT molecular complexity index is 308. The van der Waals surface area contributed by atoms with E-state index in [1.807, 2.05) is 57.4 Å². The van der Waals surface area contributed by atoms with E-state index >= 15 is 0 Å². The second-order valence-corrected chi connectivity index (χ2v) is 3.54. The molecule has 2 N–H and O–H groups in total. The summed E-state index contributed by atoms with van der Waals surface area (Å²) in [6, 6.07) is 5.87. The van der Waals surface area contributed by atoms with E-state index in [9.17, 15) is 0 Å². The van der Waals surface area contributed by atoms with Crippen LogP contribution in [0.1, 0.15) is 20.3 Å². The fourth-order valence-electron chi connectivity index (χ4n) is 1.32. The van der Waals surface area contributed by atoms with Gasteiger partial charge in [0, 0.05) is 12.3 Å². The topological polar surface area (TPSA) is 45.2 Å². The first kappa shape index (κ1) is 15.6. The van der Waals surface area contributed by atoms with Crippen LogP contribution in [0.25, 0.3) is 0 Å². The Morgan fingerprint density at radius 3 is 2.65 bits per heavy atom. The molecule has 0 spiro atoms. The molecule has 0 atom stereocenters. The first-order chi connectivity index (χ1) is 8.24. The average molecular weight is 237 g/mol. The molecule has 0 aliphatic rings. The van der Waals surface area contributed by atoms with Gasteiger partial charge in [-0.15, -0.1) is 0 Å². The predicted octanol–water partition coefficient (Wildman–Crippen LogP) is 1.56. The summed E-state index contributed by atoms with van der Waals surface area (Å²) in [5.74, 6) is 0.942. The predicted molar refractivity (Wildman–Crippen MR) is 74.8 cm³/mol. The van der Waals surface area contributed by atoms with Crippen LogP contribution in [0, 0.1) is 0 Å².